The van der Waals surface area contributed by atoms with Crippen LogP contribution in [0.1, 0.15) is 5.56 Å². The Morgan fingerprint density at radius 2 is 1.47 bits per heavy atom. The Morgan fingerprint density at radius 3 is 2.12 bits per heavy atom. The van der Waals surface area contributed by atoms with Crippen LogP contribution in [0, 0.1) is 0 Å². The van der Waals surface area contributed by atoms with Gasteiger partial charge >= 0.3 is 0 Å². The second-order valence-electron chi connectivity index (χ2n) is 3.97. The molecule has 0 aliphatic heterocycles. The normalized spacial score (nSPS) is 12.8. The monoisotopic (exact) mass is 240 g/mol. The molecule has 0 spiro atoms. The molecule has 0 radical (unpaired) electrons. The largest absolute Gasteiger partial charge is 0.427 e. The van der Waals surface area contributed by atoms with Crippen molar-refractivity contribution in [3.63, 3.8) is 0 Å². The summed E-state index contributed by atoms with van der Waals surface area (Å²) < 4.78 is 0. The summed E-state index contributed by atoms with van der Waals surface area (Å²) in [7, 11) is -1.88. The molecule has 2 aromatic carbocycles. The standard InChI is InChI=1S/C15H16OSi/c16-17(15-11-5-2-6-12-15)13-7-10-14-8-3-1-4-9-14/h1-9,11-13,16-17H,10H2. The molecule has 1 unspecified atom stereocenters. The summed E-state index contributed by atoms with van der Waals surface area (Å²) in [6.45, 7) is 0. The minimum atomic E-state index is -1.88. The second-order valence-corrected chi connectivity index (χ2v) is 5.91. The van der Waals surface area contributed by atoms with E-state index in [1.807, 2.05) is 54.2 Å². The van der Waals surface area contributed by atoms with Gasteiger partial charge in [-0.3, -0.25) is 0 Å². The van der Waals surface area contributed by atoms with Gasteiger partial charge in [0.05, 0.1) is 0 Å². The molecule has 0 amide bonds. The van der Waals surface area contributed by atoms with Gasteiger partial charge in [-0.25, -0.2) is 0 Å². The highest BCUT2D eigenvalue weighted by Gasteiger charge is 2.03. The van der Waals surface area contributed by atoms with Crippen molar-refractivity contribution in [2.45, 2.75) is 6.42 Å². The first kappa shape index (κ1) is 11.8. The van der Waals surface area contributed by atoms with Crippen LogP contribution in [0.25, 0.3) is 0 Å². The molecular weight excluding hydrogens is 224 g/mol. The van der Waals surface area contributed by atoms with Crippen LogP contribution in [0.3, 0.4) is 0 Å². The Bertz CT molecular complexity index is 465. The van der Waals surface area contributed by atoms with Crippen molar-refractivity contribution in [2.75, 3.05) is 0 Å². The molecule has 86 valence electrons. The molecule has 0 aromatic heterocycles. The fraction of sp³-hybridized carbons (Fsp3) is 0.0667. The summed E-state index contributed by atoms with van der Waals surface area (Å²) in [6, 6.07) is 20.2. The third-order valence-electron chi connectivity index (χ3n) is 2.66. The zero-order chi connectivity index (χ0) is 11.9. The molecule has 17 heavy (non-hydrogen) atoms. The fourth-order valence-electron chi connectivity index (χ4n) is 1.71. The molecule has 0 saturated heterocycles. The Balaban J connectivity index is 1.93. The lowest BCUT2D eigenvalue weighted by atomic mass is 10.2. The number of hydrogen-bond acceptors (Lipinski definition) is 1. The molecule has 1 atom stereocenters. The highest BCUT2D eigenvalue weighted by atomic mass is 28.3. The quantitative estimate of drug-likeness (QED) is 0.810. The van der Waals surface area contributed by atoms with E-state index in [4.69, 9.17) is 0 Å². The van der Waals surface area contributed by atoms with Crippen molar-refractivity contribution in [3.8, 4) is 0 Å². The maximum atomic E-state index is 10.1. The highest BCUT2D eigenvalue weighted by molar-refractivity contribution is 6.70. The third kappa shape index (κ3) is 3.70. The van der Waals surface area contributed by atoms with Gasteiger partial charge in [-0.2, -0.15) is 0 Å². The molecule has 0 fully saturated rings. The molecule has 1 N–H and O–H groups in total. The van der Waals surface area contributed by atoms with E-state index in [1.165, 1.54) is 5.56 Å². The number of hydrogen-bond donors (Lipinski definition) is 1. The van der Waals surface area contributed by atoms with Crippen molar-refractivity contribution >= 4 is 14.2 Å². The van der Waals surface area contributed by atoms with Crippen molar-refractivity contribution in [1.82, 2.24) is 0 Å². The predicted molar refractivity (Wildman–Crippen MR) is 74.7 cm³/mol. The van der Waals surface area contributed by atoms with E-state index >= 15 is 0 Å². The number of rotatable bonds is 4. The number of allylic oxidation sites excluding steroid dienone is 1. The van der Waals surface area contributed by atoms with Gasteiger partial charge in [0, 0.05) is 0 Å². The SMILES string of the molecule is O[SiH](C=CCc1ccccc1)c1ccccc1. The Kier molecular flexibility index (Phi) is 4.30. The van der Waals surface area contributed by atoms with Gasteiger partial charge in [-0.1, -0.05) is 72.4 Å². The molecule has 1 nitrogen and oxygen atoms in total. The minimum Gasteiger partial charge on any atom is -0.427 e. The first-order valence-corrected chi connectivity index (χ1v) is 7.56. The van der Waals surface area contributed by atoms with Gasteiger partial charge in [0.15, 0.2) is 0 Å². The van der Waals surface area contributed by atoms with Gasteiger partial charge in [0.2, 0.25) is 9.04 Å². The summed E-state index contributed by atoms with van der Waals surface area (Å²) in [5.74, 6) is 0. The van der Waals surface area contributed by atoms with Crippen LogP contribution in [0.2, 0.25) is 0 Å². The molecule has 2 rings (SSSR count). The summed E-state index contributed by atoms with van der Waals surface area (Å²) in [5, 5.41) is 1.07. The van der Waals surface area contributed by atoms with Crippen molar-refractivity contribution in [3.05, 3.63) is 78.0 Å². The Morgan fingerprint density at radius 1 is 0.882 bits per heavy atom. The summed E-state index contributed by atoms with van der Waals surface area (Å²) in [6.07, 6.45) is 2.96. The lowest BCUT2D eigenvalue weighted by Gasteiger charge is -2.02. The first-order chi connectivity index (χ1) is 8.36. The van der Waals surface area contributed by atoms with E-state index in [9.17, 15) is 4.80 Å². The molecule has 0 heterocycles. The van der Waals surface area contributed by atoms with Crippen LogP contribution in [0.4, 0.5) is 0 Å². The molecule has 0 aliphatic carbocycles. The van der Waals surface area contributed by atoms with Gasteiger partial charge in [-0.05, 0) is 17.2 Å². The molecular formula is C15H16OSi. The summed E-state index contributed by atoms with van der Waals surface area (Å²) in [4.78, 5) is 10.1. The van der Waals surface area contributed by atoms with Crippen LogP contribution in [-0.2, 0) is 6.42 Å². The second kappa shape index (κ2) is 6.18. The van der Waals surface area contributed by atoms with Crippen LogP contribution in [0.15, 0.2) is 72.4 Å². The highest BCUT2D eigenvalue weighted by Crippen LogP contribution is 2.00. The van der Waals surface area contributed by atoms with Crippen LogP contribution in [0.5, 0.6) is 0 Å². The average Bonchev–Trinajstić information content (AvgIpc) is 2.41. The topological polar surface area (TPSA) is 20.2 Å². The van der Waals surface area contributed by atoms with E-state index in [-0.39, 0.29) is 0 Å². The Labute approximate surface area is 104 Å². The molecule has 0 saturated carbocycles. The van der Waals surface area contributed by atoms with Crippen LogP contribution >= 0.6 is 0 Å². The van der Waals surface area contributed by atoms with Gasteiger partial charge in [0.25, 0.3) is 0 Å². The Hall–Kier alpha value is -1.64. The van der Waals surface area contributed by atoms with E-state index < -0.39 is 9.04 Å². The van der Waals surface area contributed by atoms with Crippen molar-refractivity contribution in [1.29, 1.82) is 0 Å². The van der Waals surface area contributed by atoms with E-state index in [0.29, 0.717) is 0 Å². The smallest absolute Gasteiger partial charge is 0.228 e. The zero-order valence-electron chi connectivity index (χ0n) is 9.66. The zero-order valence-corrected chi connectivity index (χ0v) is 10.8. The third-order valence-corrected chi connectivity index (χ3v) is 4.36. The molecule has 2 aromatic rings. The van der Waals surface area contributed by atoms with Gasteiger partial charge in [-0.15, -0.1) is 0 Å². The van der Waals surface area contributed by atoms with Crippen LogP contribution < -0.4 is 5.19 Å². The van der Waals surface area contributed by atoms with E-state index in [1.54, 1.807) is 0 Å². The maximum Gasteiger partial charge on any atom is 0.228 e. The predicted octanol–water partition coefficient (Wildman–Crippen LogP) is 1.95. The average molecular weight is 240 g/mol. The lowest BCUT2D eigenvalue weighted by Crippen LogP contribution is -2.27. The molecule has 0 aliphatic rings. The minimum absolute atomic E-state index is 0.887. The van der Waals surface area contributed by atoms with E-state index in [0.717, 1.165) is 11.6 Å². The first-order valence-electron chi connectivity index (χ1n) is 5.80. The van der Waals surface area contributed by atoms with E-state index in [2.05, 4.69) is 18.2 Å². The summed E-state index contributed by atoms with van der Waals surface area (Å²) >= 11 is 0. The van der Waals surface area contributed by atoms with Crippen LogP contribution in [-0.4, -0.2) is 13.8 Å². The molecule has 2 heteroatoms. The van der Waals surface area contributed by atoms with Gasteiger partial charge < -0.3 is 4.80 Å². The fourth-order valence-corrected chi connectivity index (χ4v) is 2.94. The maximum absolute atomic E-state index is 10.1. The molecule has 0 bridgehead atoms. The van der Waals surface area contributed by atoms with Crippen molar-refractivity contribution in [2.24, 2.45) is 0 Å². The van der Waals surface area contributed by atoms with Crippen molar-refractivity contribution < 1.29 is 4.80 Å². The lowest BCUT2D eigenvalue weighted by molar-refractivity contribution is 0.599. The van der Waals surface area contributed by atoms with Gasteiger partial charge in [0.1, 0.15) is 0 Å². The number of benzene rings is 2. The summed E-state index contributed by atoms with van der Waals surface area (Å²) in [5.41, 5.74) is 3.25.